The first-order valence-corrected chi connectivity index (χ1v) is 4.58. The van der Waals surface area contributed by atoms with Gasteiger partial charge in [0.2, 0.25) is 0 Å². The largest absolute Gasteiger partial charge is 0.398 e. The molecule has 0 amide bonds. The van der Waals surface area contributed by atoms with Crippen LogP contribution in [-0.4, -0.2) is 11.7 Å². The Hall–Kier alpha value is -1.13. The van der Waals surface area contributed by atoms with Gasteiger partial charge in [-0.3, -0.25) is 0 Å². The van der Waals surface area contributed by atoms with Gasteiger partial charge in [0.15, 0.2) is 0 Å². The molecule has 1 rings (SSSR count). The number of rotatable bonds is 4. The Bertz CT molecular complexity index is 304. The Morgan fingerprint density at radius 2 is 2.14 bits per heavy atom. The Balaban J connectivity index is 2.74. The lowest BCUT2D eigenvalue weighted by Crippen LogP contribution is -2.06. The van der Waals surface area contributed by atoms with E-state index in [0.29, 0.717) is 18.5 Å². The molecule has 0 radical (unpaired) electrons. The molecule has 0 fully saturated rings. The van der Waals surface area contributed by atoms with Crippen molar-refractivity contribution in [1.29, 1.82) is 0 Å². The highest BCUT2D eigenvalue weighted by atomic mass is 19.1. The highest BCUT2D eigenvalue weighted by Gasteiger charge is 2.10. The molecule has 0 saturated carbocycles. The number of aliphatic hydroxyl groups excluding tert-OH is 1. The third-order valence-electron chi connectivity index (χ3n) is 2.09. The average molecular weight is 198 g/mol. The van der Waals surface area contributed by atoms with Gasteiger partial charge in [0.25, 0.3) is 0 Å². The van der Waals surface area contributed by atoms with Crippen molar-refractivity contribution in [2.75, 3.05) is 12.3 Å². The molecule has 0 aliphatic rings. The van der Waals surface area contributed by atoms with Crippen molar-refractivity contribution in [1.82, 2.24) is 0 Å². The van der Waals surface area contributed by atoms with E-state index in [2.05, 4.69) is 0 Å². The molecule has 78 valence electrons. The quantitative estimate of drug-likeness (QED) is 0.636. The smallest absolute Gasteiger partial charge is 0.125 e. The van der Waals surface area contributed by atoms with Gasteiger partial charge in [-0.15, -0.1) is 0 Å². The van der Waals surface area contributed by atoms with Gasteiger partial charge < -0.3 is 16.6 Å². The summed E-state index contributed by atoms with van der Waals surface area (Å²) in [4.78, 5) is 0. The van der Waals surface area contributed by atoms with Crippen LogP contribution in [-0.2, 0) is 0 Å². The molecule has 14 heavy (non-hydrogen) atoms. The van der Waals surface area contributed by atoms with Crippen LogP contribution >= 0.6 is 0 Å². The monoisotopic (exact) mass is 198 g/mol. The summed E-state index contributed by atoms with van der Waals surface area (Å²) < 4.78 is 12.7. The van der Waals surface area contributed by atoms with E-state index in [-0.39, 0.29) is 5.69 Å². The molecule has 0 saturated heterocycles. The normalized spacial score (nSPS) is 12.8. The molecule has 1 atom stereocenters. The van der Waals surface area contributed by atoms with Crippen LogP contribution in [0.25, 0.3) is 0 Å². The molecule has 3 nitrogen and oxygen atoms in total. The summed E-state index contributed by atoms with van der Waals surface area (Å²) in [5.41, 5.74) is 11.7. The lowest BCUT2D eigenvalue weighted by Gasteiger charge is -2.12. The van der Waals surface area contributed by atoms with Crippen molar-refractivity contribution in [3.8, 4) is 0 Å². The first-order valence-electron chi connectivity index (χ1n) is 4.58. The van der Waals surface area contributed by atoms with Crippen LogP contribution in [0.1, 0.15) is 24.5 Å². The van der Waals surface area contributed by atoms with Crippen molar-refractivity contribution >= 4 is 5.69 Å². The topological polar surface area (TPSA) is 72.3 Å². The molecule has 0 bridgehead atoms. The lowest BCUT2D eigenvalue weighted by atomic mass is 10.0. The third kappa shape index (κ3) is 2.68. The average Bonchev–Trinajstić information content (AvgIpc) is 2.14. The second-order valence-electron chi connectivity index (χ2n) is 3.22. The van der Waals surface area contributed by atoms with Crippen molar-refractivity contribution < 1.29 is 9.50 Å². The minimum atomic E-state index is -0.654. The number of hydrogen-bond acceptors (Lipinski definition) is 3. The number of nitrogen functional groups attached to an aromatic ring is 1. The maximum atomic E-state index is 12.7. The number of halogens is 1. The van der Waals surface area contributed by atoms with Crippen LogP contribution in [0.2, 0.25) is 0 Å². The van der Waals surface area contributed by atoms with Gasteiger partial charge in [-0.05, 0) is 31.5 Å². The van der Waals surface area contributed by atoms with E-state index in [1.807, 2.05) is 0 Å². The Kier molecular flexibility index (Phi) is 3.85. The minimum absolute atomic E-state index is 0.287. The van der Waals surface area contributed by atoms with Crippen molar-refractivity contribution in [2.24, 2.45) is 5.73 Å². The zero-order chi connectivity index (χ0) is 10.6. The van der Waals surface area contributed by atoms with Gasteiger partial charge in [-0.2, -0.15) is 0 Å². The summed E-state index contributed by atoms with van der Waals surface area (Å²) >= 11 is 0. The standard InChI is InChI=1S/C10H15FN2O/c11-7-3-4-8(9(13)6-7)10(14)2-1-5-12/h3-4,6,10,14H,1-2,5,12-13H2. The number of nitrogens with two attached hydrogens (primary N) is 2. The molecule has 0 aliphatic carbocycles. The number of hydrogen-bond donors (Lipinski definition) is 3. The van der Waals surface area contributed by atoms with E-state index in [9.17, 15) is 9.50 Å². The van der Waals surface area contributed by atoms with E-state index >= 15 is 0 Å². The van der Waals surface area contributed by atoms with E-state index in [1.54, 1.807) is 0 Å². The van der Waals surface area contributed by atoms with Crippen LogP contribution in [0.5, 0.6) is 0 Å². The molecule has 0 heterocycles. The Morgan fingerprint density at radius 3 is 2.71 bits per heavy atom. The van der Waals surface area contributed by atoms with Crippen LogP contribution in [0.15, 0.2) is 18.2 Å². The molecule has 1 aromatic rings. The Morgan fingerprint density at radius 1 is 1.43 bits per heavy atom. The van der Waals surface area contributed by atoms with Crippen LogP contribution < -0.4 is 11.5 Å². The predicted octanol–water partition coefficient (Wildman–Crippen LogP) is 1.18. The summed E-state index contributed by atoms with van der Waals surface area (Å²) in [5.74, 6) is -0.391. The van der Waals surface area contributed by atoms with Crippen LogP contribution in [0.3, 0.4) is 0 Å². The molecular formula is C10H15FN2O. The maximum Gasteiger partial charge on any atom is 0.125 e. The van der Waals surface area contributed by atoms with Crippen molar-refractivity contribution in [3.63, 3.8) is 0 Å². The number of anilines is 1. The molecule has 0 aromatic heterocycles. The second kappa shape index (κ2) is 4.93. The van der Waals surface area contributed by atoms with E-state index in [4.69, 9.17) is 11.5 Å². The summed E-state index contributed by atoms with van der Waals surface area (Å²) in [6, 6.07) is 4.00. The highest BCUT2D eigenvalue weighted by molar-refractivity contribution is 5.48. The van der Waals surface area contributed by atoms with Gasteiger partial charge in [-0.25, -0.2) is 4.39 Å². The fourth-order valence-electron chi connectivity index (χ4n) is 1.32. The van der Waals surface area contributed by atoms with Gasteiger partial charge in [-0.1, -0.05) is 6.07 Å². The van der Waals surface area contributed by atoms with Crippen molar-refractivity contribution in [3.05, 3.63) is 29.6 Å². The van der Waals surface area contributed by atoms with E-state index < -0.39 is 11.9 Å². The molecule has 0 spiro atoms. The Labute approximate surface area is 82.5 Å². The predicted molar refractivity (Wildman–Crippen MR) is 54.1 cm³/mol. The zero-order valence-electron chi connectivity index (χ0n) is 7.91. The van der Waals surface area contributed by atoms with Crippen LogP contribution in [0.4, 0.5) is 10.1 Å². The SMILES string of the molecule is NCCCC(O)c1ccc(F)cc1N. The number of aliphatic hydroxyl groups is 1. The van der Waals surface area contributed by atoms with E-state index in [1.165, 1.54) is 18.2 Å². The molecule has 4 heteroatoms. The van der Waals surface area contributed by atoms with Gasteiger partial charge >= 0.3 is 0 Å². The first-order chi connectivity index (χ1) is 6.65. The highest BCUT2D eigenvalue weighted by Crippen LogP contribution is 2.24. The summed E-state index contributed by atoms with van der Waals surface area (Å²) in [5, 5.41) is 9.67. The molecule has 1 unspecified atom stereocenters. The van der Waals surface area contributed by atoms with Gasteiger partial charge in [0, 0.05) is 11.3 Å². The number of benzene rings is 1. The second-order valence-corrected chi connectivity index (χ2v) is 3.22. The molecule has 5 N–H and O–H groups in total. The summed E-state index contributed by atoms with van der Waals surface area (Å²) in [6.45, 7) is 0.526. The lowest BCUT2D eigenvalue weighted by molar-refractivity contribution is 0.166. The molecule has 0 aliphatic heterocycles. The van der Waals surface area contributed by atoms with Crippen molar-refractivity contribution in [2.45, 2.75) is 18.9 Å². The first kappa shape index (κ1) is 10.9. The zero-order valence-corrected chi connectivity index (χ0v) is 7.91. The molecule has 1 aromatic carbocycles. The maximum absolute atomic E-state index is 12.7. The summed E-state index contributed by atoms with van der Waals surface area (Å²) in [7, 11) is 0. The minimum Gasteiger partial charge on any atom is -0.398 e. The third-order valence-corrected chi connectivity index (χ3v) is 2.09. The van der Waals surface area contributed by atoms with Gasteiger partial charge in [0.1, 0.15) is 5.82 Å². The van der Waals surface area contributed by atoms with Gasteiger partial charge in [0.05, 0.1) is 6.10 Å². The summed E-state index contributed by atoms with van der Waals surface area (Å²) in [6.07, 6.45) is 0.615. The van der Waals surface area contributed by atoms with E-state index in [0.717, 1.165) is 6.42 Å². The van der Waals surface area contributed by atoms with Crippen LogP contribution in [0, 0.1) is 5.82 Å². The fraction of sp³-hybridized carbons (Fsp3) is 0.400. The fourth-order valence-corrected chi connectivity index (χ4v) is 1.32. The molecular weight excluding hydrogens is 183 g/mol.